The van der Waals surface area contributed by atoms with Crippen molar-refractivity contribution in [2.24, 2.45) is 0 Å². The van der Waals surface area contributed by atoms with Crippen molar-refractivity contribution < 1.29 is 32.5 Å². The number of ether oxygens (including phenoxy) is 4. The Balaban J connectivity index is 2.28. The molecule has 1 N–H and O–H groups in total. The molecule has 0 aliphatic carbocycles. The highest BCUT2D eigenvalue weighted by Gasteiger charge is 2.17. The van der Waals surface area contributed by atoms with E-state index in [0.717, 1.165) is 0 Å². The van der Waals surface area contributed by atoms with Gasteiger partial charge in [-0.25, -0.2) is 0 Å². The van der Waals surface area contributed by atoms with Crippen molar-refractivity contribution in [1.29, 1.82) is 0 Å². The molecule has 2 rings (SSSR count). The van der Waals surface area contributed by atoms with Crippen molar-refractivity contribution in [2.45, 2.75) is 13.5 Å². The maximum absolute atomic E-state index is 12.5. The molecular weight excluding hydrogens is 384 g/mol. The van der Waals surface area contributed by atoms with Crippen LogP contribution in [0.5, 0.6) is 23.0 Å². The molecule has 6 nitrogen and oxygen atoms in total. The quantitative estimate of drug-likeness (QED) is 0.699. The van der Waals surface area contributed by atoms with Gasteiger partial charge in [-0.15, -0.1) is 0 Å². The Morgan fingerprint density at radius 1 is 1.11 bits per heavy atom. The lowest BCUT2D eigenvalue weighted by Gasteiger charge is -2.14. The molecule has 27 heavy (non-hydrogen) atoms. The first-order chi connectivity index (χ1) is 12.9. The number of hydrogen-bond acceptors (Lipinski definition) is 5. The molecule has 2 aromatic carbocycles. The highest BCUT2D eigenvalue weighted by atomic mass is 35.5. The minimum Gasteiger partial charge on any atom is -0.493 e. The van der Waals surface area contributed by atoms with Crippen molar-refractivity contribution in [3.05, 3.63) is 40.9 Å². The number of carbonyl (C=O) groups is 1. The third-order valence-electron chi connectivity index (χ3n) is 3.42. The van der Waals surface area contributed by atoms with Gasteiger partial charge in [-0.2, -0.15) is 8.78 Å². The van der Waals surface area contributed by atoms with Crippen LogP contribution in [-0.4, -0.2) is 33.3 Å². The molecule has 0 aliphatic heterocycles. The fourth-order valence-electron chi connectivity index (χ4n) is 2.28. The second-order valence-corrected chi connectivity index (χ2v) is 5.53. The lowest BCUT2D eigenvalue weighted by atomic mass is 10.1. The second-order valence-electron chi connectivity index (χ2n) is 5.12. The molecule has 0 aromatic heterocycles. The molecule has 0 heterocycles. The molecule has 0 saturated heterocycles. The summed E-state index contributed by atoms with van der Waals surface area (Å²) in [4.78, 5) is 12.5. The Morgan fingerprint density at radius 3 is 2.41 bits per heavy atom. The van der Waals surface area contributed by atoms with Gasteiger partial charge >= 0.3 is 6.61 Å². The van der Waals surface area contributed by atoms with E-state index in [1.807, 2.05) is 0 Å². The summed E-state index contributed by atoms with van der Waals surface area (Å²) >= 11 is 6.16. The Morgan fingerprint density at radius 2 is 1.81 bits per heavy atom. The van der Waals surface area contributed by atoms with E-state index in [-0.39, 0.29) is 27.8 Å². The highest BCUT2D eigenvalue weighted by Crippen LogP contribution is 2.37. The largest absolute Gasteiger partial charge is 0.493 e. The second kappa shape index (κ2) is 9.27. The number of halogens is 3. The smallest absolute Gasteiger partial charge is 0.387 e. The summed E-state index contributed by atoms with van der Waals surface area (Å²) < 4.78 is 45.0. The lowest BCUT2D eigenvalue weighted by molar-refractivity contribution is -0.0511. The van der Waals surface area contributed by atoms with Crippen LogP contribution in [0.4, 0.5) is 14.5 Å². The maximum atomic E-state index is 12.5. The number of methoxy groups -OCH3 is 2. The van der Waals surface area contributed by atoms with Gasteiger partial charge in [0.1, 0.15) is 0 Å². The first kappa shape index (κ1) is 20.6. The number of nitrogens with one attached hydrogen (secondary N) is 1. The van der Waals surface area contributed by atoms with E-state index < -0.39 is 12.5 Å². The molecule has 146 valence electrons. The third-order valence-corrected chi connectivity index (χ3v) is 3.70. The number of benzene rings is 2. The molecule has 0 aliphatic rings. The number of carbonyl (C=O) groups excluding carboxylic acids is 1. The minimum absolute atomic E-state index is 0.110. The molecular formula is C18H18ClF2NO5. The Kier molecular flexibility index (Phi) is 7.06. The van der Waals surface area contributed by atoms with Crippen LogP contribution in [-0.2, 0) is 0 Å². The standard InChI is InChI=1S/C18H18ClF2NO5/c1-4-26-16-12(19)7-10(8-15(16)25-3)17(23)22-11-5-6-13(24-2)14(9-11)27-18(20)21/h5-9,18H,4H2,1-3H3,(H,22,23). The molecule has 0 fully saturated rings. The van der Waals surface area contributed by atoms with Crippen molar-refractivity contribution >= 4 is 23.2 Å². The molecule has 1 amide bonds. The van der Waals surface area contributed by atoms with Crippen LogP contribution in [0.25, 0.3) is 0 Å². The zero-order chi connectivity index (χ0) is 20.0. The van der Waals surface area contributed by atoms with Gasteiger partial charge in [-0.1, -0.05) is 11.6 Å². The molecule has 0 saturated carbocycles. The zero-order valence-electron chi connectivity index (χ0n) is 14.8. The van der Waals surface area contributed by atoms with E-state index in [2.05, 4.69) is 10.1 Å². The molecule has 2 aromatic rings. The normalized spacial score (nSPS) is 10.5. The van der Waals surface area contributed by atoms with E-state index >= 15 is 0 Å². The number of amides is 1. The summed E-state index contributed by atoms with van der Waals surface area (Å²) in [6.45, 7) is -0.863. The lowest BCUT2D eigenvalue weighted by Crippen LogP contribution is -2.13. The average molecular weight is 402 g/mol. The number of anilines is 1. The van der Waals surface area contributed by atoms with E-state index in [1.165, 1.54) is 44.6 Å². The van der Waals surface area contributed by atoms with Gasteiger partial charge in [-0.05, 0) is 31.2 Å². The van der Waals surface area contributed by atoms with Crippen molar-refractivity contribution in [1.82, 2.24) is 0 Å². The monoisotopic (exact) mass is 401 g/mol. The highest BCUT2D eigenvalue weighted by molar-refractivity contribution is 6.32. The SMILES string of the molecule is CCOc1c(Cl)cc(C(=O)Nc2ccc(OC)c(OC(F)F)c2)cc1OC. The summed E-state index contributed by atoms with van der Waals surface area (Å²) in [5, 5.41) is 2.79. The Labute approximate surface area is 159 Å². The molecule has 9 heteroatoms. The third kappa shape index (κ3) is 5.13. The maximum Gasteiger partial charge on any atom is 0.387 e. The average Bonchev–Trinajstić information content (AvgIpc) is 2.63. The van der Waals surface area contributed by atoms with Gasteiger partial charge in [0.05, 0.1) is 25.8 Å². The van der Waals surface area contributed by atoms with Crippen molar-refractivity contribution in [2.75, 3.05) is 26.1 Å². The summed E-state index contributed by atoms with van der Waals surface area (Å²) in [5.74, 6) is 0.0133. The minimum atomic E-state index is -3.03. The summed E-state index contributed by atoms with van der Waals surface area (Å²) in [5.41, 5.74) is 0.438. The fraction of sp³-hybridized carbons (Fsp3) is 0.278. The summed E-state index contributed by atoms with van der Waals surface area (Å²) in [6, 6.07) is 7.01. The number of rotatable bonds is 8. The van der Waals surface area contributed by atoms with E-state index in [0.29, 0.717) is 18.1 Å². The Hall–Kier alpha value is -2.74. The first-order valence-electron chi connectivity index (χ1n) is 7.84. The van der Waals surface area contributed by atoms with Crippen LogP contribution in [0.3, 0.4) is 0 Å². The topological polar surface area (TPSA) is 66.0 Å². The molecule has 0 bridgehead atoms. The first-order valence-corrected chi connectivity index (χ1v) is 8.21. The van der Waals surface area contributed by atoms with Crippen molar-refractivity contribution in [3.8, 4) is 23.0 Å². The van der Waals surface area contributed by atoms with Gasteiger partial charge in [0, 0.05) is 17.3 Å². The zero-order valence-corrected chi connectivity index (χ0v) is 15.6. The summed E-state index contributed by atoms with van der Waals surface area (Å²) in [7, 11) is 2.74. The van der Waals surface area contributed by atoms with Gasteiger partial charge in [0.25, 0.3) is 5.91 Å². The number of hydrogen-bond donors (Lipinski definition) is 1. The van der Waals surface area contributed by atoms with Crippen LogP contribution in [0.15, 0.2) is 30.3 Å². The van der Waals surface area contributed by atoms with Crippen LogP contribution in [0.1, 0.15) is 17.3 Å². The molecule has 0 atom stereocenters. The fourth-order valence-corrected chi connectivity index (χ4v) is 2.55. The molecule has 0 radical (unpaired) electrons. The van der Waals surface area contributed by atoms with Gasteiger partial charge in [0.15, 0.2) is 23.0 Å². The van der Waals surface area contributed by atoms with E-state index in [9.17, 15) is 13.6 Å². The predicted molar refractivity (Wildman–Crippen MR) is 96.8 cm³/mol. The van der Waals surface area contributed by atoms with Crippen LogP contribution >= 0.6 is 11.6 Å². The summed E-state index contributed by atoms with van der Waals surface area (Å²) in [6.07, 6.45) is 0. The van der Waals surface area contributed by atoms with Crippen LogP contribution in [0.2, 0.25) is 5.02 Å². The number of alkyl halides is 2. The van der Waals surface area contributed by atoms with Gasteiger partial charge in [-0.3, -0.25) is 4.79 Å². The van der Waals surface area contributed by atoms with E-state index in [1.54, 1.807) is 6.92 Å². The predicted octanol–water partition coefficient (Wildman–Crippen LogP) is 4.61. The Bertz CT molecular complexity index is 817. The van der Waals surface area contributed by atoms with Gasteiger partial charge in [0.2, 0.25) is 0 Å². The van der Waals surface area contributed by atoms with Crippen molar-refractivity contribution in [3.63, 3.8) is 0 Å². The van der Waals surface area contributed by atoms with Crippen LogP contribution < -0.4 is 24.3 Å². The van der Waals surface area contributed by atoms with Crippen LogP contribution in [0, 0.1) is 0 Å². The van der Waals surface area contributed by atoms with E-state index in [4.69, 9.17) is 25.8 Å². The van der Waals surface area contributed by atoms with Gasteiger partial charge < -0.3 is 24.3 Å². The molecule has 0 spiro atoms. The molecule has 0 unspecified atom stereocenters.